The summed E-state index contributed by atoms with van der Waals surface area (Å²) in [6.07, 6.45) is 7.90. The fourth-order valence-corrected chi connectivity index (χ4v) is 5.67. The van der Waals surface area contributed by atoms with E-state index in [-0.39, 0.29) is 11.2 Å². The molecule has 0 saturated heterocycles. The lowest BCUT2D eigenvalue weighted by Gasteiger charge is -2.56. The number of hydrogen-bond acceptors (Lipinski definition) is 2. The van der Waals surface area contributed by atoms with E-state index in [1.54, 1.807) is 4.57 Å². The molecule has 0 unspecified atom stereocenters. The molecule has 0 aromatic carbocycles. The van der Waals surface area contributed by atoms with Gasteiger partial charge < -0.3 is 9.67 Å². The summed E-state index contributed by atoms with van der Waals surface area (Å²) >= 11 is 0. The van der Waals surface area contributed by atoms with Gasteiger partial charge in [-0.2, -0.15) is 0 Å². The first-order valence-electron chi connectivity index (χ1n) is 7.75. The first kappa shape index (κ1) is 12.4. The van der Waals surface area contributed by atoms with Gasteiger partial charge in [-0.05, 0) is 63.2 Å². The van der Waals surface area contributed by atoms with Crippen LogP contribution in [0.25, 0.3) is 0 Å². The molecule has 0 radical (unpaired) electrons. The molecule has 4 saturated carbocycles. The predicted octanol–water partition coefficient (Wildman–Crippen LogP) is 2.89. The number of carbonyl (C=O) groups is 1. The summed E-state index contributed by atoms with van der Waals surface area (Å²) in [6.45, 7) is 2.04. The van der Waals surface area contributed by atoms with Crippen LogP contribution >= 0.6 is 0 Å². The van der Waals surface area contributed by atoms with Gasteiger partial charge in [0.15, 0.2) is 0 Å². The van der Waals surface area contributed by atoms with Crippen molar-refractivity contribution in [2.24, 2.45) is 24.8 Å². The Morgan fingerprint density at radius 3 is 2.10 bits per heavy atom. The van der Waals surface area contributed by atoms with E-state index in [0.717, 1.165) is 29.1 Å². The number of imidazole rings is 1. The van der Waals surface area contributed by atoms with Gasteiger partial charge in [0.05, 0.1) is 5.69 Å². The summed E-state index contributed by atoms with van der Waals surface area (Å²) in [7, 11) is 1.83. The molecular formula is C16H22N2O2. The van der Waals surface area contributed by atoms with E-state index in [1.165, 1.54) is 38.5 Å². The second-order valence-corrected chi connectivity index (χ2v) is 7.43. The maximum Gasteiger partial charge on any atom is 0.372 e. The van der Waals surface area contributed by atoms with Gasteiger partial charge in [0.2, 0.25) is 5.82 Å². The first-order chi connectivity index (χ1) is 9.48. The van der Waals surface area contributed by atoms with Crippen molar-refractivity contribution in [3.8, 4) is 0 Å². The second kappa shape index (κ2) is 3.86. The van der Waals surface area contributed by atoms with Gasteiger partial charge in [-0.1, -0.05) is 0 Å². The molecule has 1 aromatic rings. The van der Waals surface area contributed by atoms with Crippen molar-refractivity contribution in [2.75, 3.05) is 0 Å². The Kier molecular flexibility index (Phi) is 2.40. The minimum Gasteiger partial charge on any atom is -0.475 e. The molecule has 4 nitrogen and oxygen atoms in total. The van der Waals surface area contributed by atoms with Crippen molar-refractivity contribution in [1.82, 2.24) is 9.55 Å². The van der Waals surface area contributed by atoms with E-state index < -0.39 is 5.97 Å². The van der Waals surface area contributed by atoms with Gasteiger partial charge in [-0.25, -0.2) is 9.78 Å². The molecule has 0 aliphatic heterocycles. The third kappa shape index (κ3) is 1.54. The standard InChI is InChI=1S/C16H22N2O2/c1-9-13(17-14(15(19)20)18(9)2)16-6-10-3-11(7-16)5-12(4-10)8-16/h10-12H,3-8H2,1-2H3,(H,19,20). The Labute approximate surface area is 119 Å². The van der Waals surface area contributed by atoms with Gasteiger partial charge >= 0.3 is 5.97 Å². The highest BCUT2D eigenvalue weighted by Gasteiger charge is 2.53. The van der Waals surface area contributed by atoms with E-state index in [2.05, 4.69) is 4.98 Å². The smallest absolute Gasteiger partial charge is 0.372 e. The minimum absolute atomic E-state index is 0.185. The molecule has 20 heavy (non-hydrogen) atoms. The van der Waals surface area contributed by atoms with Crippen LogP contribution in [0.15, 0.2) is 0 Å². The van der Waals surface area contributed by atoms with Crippen molar-refractivity contribution < 1.29 is 9.90 Å². The van der Waals surface area contributed by atoms with Crippen LogP contribution in [0.5, 0.6) is 0 Å². The van der Waals surface area contributed by atoms with Crippen LogP contribution in [0.1, 0.15) is 60.5 Å². The summed E-state index contributed by atoms with van der Waals surface area (Å²) in [6, 6.07) is 0. The van der Waals surface area contributed by atoms with Crippen molar-refractivity contribution in [2.45, 2.75) is 50.9 Å². The molecular weight excluding hydrogens is 252 g/mol. The minimum atomic E-state index is -0.911. The van der Waals surface area contributed by atoms with Gasteiger partial charge in [0, 0.05) is 18.2 Å². The highest BCUT2D eigenvalue weighted by Crippen LogP contribution is 2.60. The lowest BCUT2D eigenvalue weighted by molar-refractivity contribution is -0.00740. The zero-order valence-corrected chi connectivity index (χ0v) is 12.2. The number of nitrogens with zero attached hydrogens (tertiary/aromatic N) is 2. The average Bonchev–Trinajstić information content (AvgIpc) is 2.65. The Morgan fingerprint density at radius 2 is 1.70 bits per heavy atom. The number of aromatic carboxylic acids is 1. The molecule has 1 heterocycles. The molecule has 4 aliphatic carbocycles. The van der Waals surface area contributed by atoms with Crippen molar-refractivity contribution in [3.63, 3.8) is 0 Å². The molecule has 5 rings (SSSR count). The SMILES string of the molecule is Cc1c(C23CC4CC(CC(C4)C2)C3)nc(C(=O)O)n1C. The molecule has 0 spiro atoms. The molecule has 4 aliphatic rings. The highest BCUT2D eigenvalue weighted by atomic mass is 16.4. The van der Waals surface area contributed by atoms with Gasteiger partial charge in [-0.15, -0.1) is 0 Å². The van der Waals surface area contributed by atoms with Crippen LogP contribution in [0.3, 0.4) is 0 Å². The molecule has 0 amide bonds. The number of hydrogen-bond donors (Lipinski definition) is 1. The third-order valence-electron chi connectivity index (χ3n) is 6.11. The Bertz CT molecular complexity index is 552. The van der Waals surface area contributed by atoms with Crippen LogP contribution in [-0.2, 0) is 12.5 Å². The first-order valence-corrected chi connectivity index (χ1v) is 7.75. The van der Waals surface area contributed by atoms with Crippen LogP contribution in [0, 0.1) is 24.7 Å². The second-order valence-electron chi connectivity index (χ2n) is 7.43. The van der Waals surface area contributed by atoms with Crippen LogP contribution < -0.4 is 0 Å². The fourth-order valence-electron chi connectivity index (χ4n) is 5.67. The zero-order valence-electron chi connectivity index (χ0n) is 12.2. The largest absolute Gasteiger partial charge is 0.475 e. The lowest BCUT2D eigenvalue weighted by atomic mass is 9.48. The average molecular weight is 274 g/mol. The number of rotatable bonds is 2. The zero-order chi connectivity index (χ0) is 14.1. The number of carboxylic acid groups (broad SMARTS) is 1. The van der Waals surface area contributed by atoms with E-state index in [1.807, 2.05) is 14.0 Å². The molecule has 4 heteroatoms. The van der Waals surface area contributed by atoms with Gasteiger partial charge in [-0.3, -0.25) is 0 Å². The third-order valence-corrected chi connectivity index (χ3v) is 6.11. The van der Waals surface area contributed by atoms with Gasteiger partial charge in [0.25, 0.3) is 0 Å². The maximum absolute atomic E-state index is 11.3. The Balaban J connectivity index is 1.81. The maximum atomic E-state index is 11.3. The van der Waals surface area contributed by atoms with Gasteiger partial charge in [0.1, 0.15) is 0 Å². The van der Waals surface area contributed by atoms with E-state index in [4.69, 9.17) is 0 Å². The van der Waals surface area contributed by atoms with Crippen molar-refractivity contribution in [1.29, 1.82) is 0 Å². The summed E-state index contributed by atoms with van der Waals surface area (Å²) in [4.78, 5) is 15.9. The van der Waals surface area contributed by atoms with Crippen LogP contribution in [-0.4, -0.2) is 20.6 Å². The normalized spacial score (nSPS) is 38.4. The molecule has 1 N–H and O–H groups in total. The fraction of sp³-hybridized carbons (Fsp3) is 0.750. The molecule has 4 fully saturated rings. The lowest BCUT2D eigenvalue weighted by Crippen LogP contribution is -2.49. The molecule has 1 aromatic heterocycles. The van der Waals surface area contributed by atoms with Crippen LogP contribution in [0.2, 0.25) is 0 Å². The predicted molar refractivity (Wildman–Crippen MR) is 74.8 cm³/mol. The van der Waals surface area contributed by atoms with E-state index in [0.29, 0.717) is 0 Å². The van der Waals surface area contributed by atoms with Crippen LogP contribution in [0.4, 0.5) is 0 Å². The molecule has 108 valence electrons. The summed E-state index contributed by atoms with van der Waals surface area (Å²) in [5.74, 6) is 1.86. The monoisotopic (exact) mass is 274 g/mol. The summed E-state index contributed by atoms with van der Waals surface area (Å²) in [5.41, 5.74) is 2.34. The topological polar surface area (TPSA) is 55.1 Å². The van der Waals surface area contributed by atoms with E-state index >= 15 is 0 Å². The summed E-state index contributed by atoms with van der Waals surface area (Å²) < 4.78 is 1.76. The number of carboxylic acids is 1. The molecule has 0 atom stereocenters. The Morgan fingerprint density at radius 1 is 1.20 bits per heavy atom. The van der Waals surface area contributed by atoms with Crippen molar-refractivity contribution in [3.05, 3.63) is 17.2 Å². The van der Waals surface area contributed by atoms with E-state index in [9.17, 15) is 9.90 Å². The quantitative estimate of drug-likeness (QED) is 0.902. The number of aromatic nitrogens is 2. The Hall–Kier alpha value is -1.32. The highest BCUT2D eigenvalue weighted by molar-refractivity contribution is 5.84. The molecule has 4 bridgehead atoms. The summed E-state index contributed by atoms with van der Waals surface area (Å²) in [5, 5.41) is 9.30. The van der Waals surface area contributed by atoms with Crippen molar-refractivity contribution >= 4 is 5.97 Å².